The average Bonchev–Trinajstić information content (AvgIpc) is 2.67. The molecular weight excluding hydrogens is 271 g/mol. The van der Waals surface area contributed by atoms with Crippen LogP contribution in [0.25, 0.3) is 0 Å². The zero-order valence-corrected chi connectivity index (χ0v) is 13.8. The van der Waals surface area contributed by atoms with Crippen molar-refractivity contribution in [2.75, 3.05) is 0 Å². The van der Waals surface area contributed by atoms with Gasteiger partial charge in [-0.05, 0) is 0 Å². The van der Waals surface area contributed by atoms with Gasteiger partial charge in [-0.15, -0.1) is 12.8 Å². The zero-order chi connectivity index (χ0) is 7.07. The quantitative estimate of drug-likeness (QED) is 0.560. The van der Waals surface area contributed by atoms with E-state index in [1.807, 2.05) is 24.3 Å². The van der Waals surface area contributed by atoms with Crippen molar-refractivity contribution in [2.45, 2.75) is 12.8 Å². The predicted molar refractivity (Wildman–Crippen MR) is 75.2 cm³/mol. The van der Waals surface area contributed by atoms with Crippen LogP contribution in [0, 0.1) is 49.3 Å². The van der Waals surface area contributed by atoms with E-state index in [0.29, 0.717) is 0 Å². The van der Waals surface area contributed by atoms with Gasteiger partial charge in [-0.2, -0.15) is 12.2 Å². The van der Waals surface area contributed by atoms with E-state index < -0.39 is 0 Å². The van der Waals surface area contributed by atoms with Gasteiger partial charge in [0.05, 0.1) is 0 Å². The Morgan fingerprint density at radius 2 is 0.938 bits per heavy atom. The minimum Gasteiger partial charge on any atom is -0.358 e. The molecule has 96 valence electrons. The molecule has 0 saturated carbocycles. The van der Waals surface area contributed by atoms with E-state index in [1.54, 1.807) is 0 Å². The molecule has 0 unspecified atom stereocenters. The predicted octanol–water partition coefficient (Wildman–Crippen LogP) is 4.86. The molecule has 2 aliphatic rings. The van der Waals surface area contributed by atoms with Crippen LogP contribution in [0.1, 0.15) is 12.8 Å². The molecule has 0 nitrogen and oxygen atoms in total. The first-order valence-corrected chi connectivity index (χ1v) is 3.43. The van der Waals surface area contributed by atoms with Gasteiger partial charge in [0, 0.05) is 26.2 Å². The summed E-state index contributed by atoms with van der Waals surface area (Å²) in [6.07, 6.45) is 20.0. The smallest absolute Gasteiger partial charge is 0 e. The molecule has 0 aliphatic heterocycles. The largest absolute Gasteiger partial charge is 0.358 e. The second kappa shape index (κ2) is 29.4. The van der Waals surface area contributed by atoms with E-state index in [4.69, 9.17) is 0 Å². The summed E-state index contributed by atoms with van der Waals surface area (Å²) >= 11 is 0. The molecule has 1 heteroatoms. The van der Waals surface area contributed by atoms with Crippen molar-refractivity contribution in [1.82, 2.24) is 0 Å². The van der Waals surface area contributed by atoms with Crippen LogP contribution in [-0.2, 0) is 26.2 Å². The molecule has 2 rings (SSSR count). The third-order valence-corrected chi connectivity index (χ3v) is 1.17. The molecule has 0 aromatic rings. The van der Waals surface area contributed by atoms with Crippen LogP contribution in [-0.4, -0.2) is 0 Å². The van der Waals surface area contributed by atoms with Gasteiger partial charge < -0.3 is 37.1 Å². The molecule has 0 spiro atoms. The van der Waals surface area contributed by atoms with E-state index in [2.05, 4.69) is 24.3 Å². The molecule has 0 bridgehead atoms. The van der Waals surface area contributed by atoms with Gasteiger partial charge in [-0.3, -0.25) is 12.2 Å². The van der Waals surface area contributed by atoms with Crippen LogP contribution in [0.15, 0.2) is 36.5 Å². The van der Waals surface area contributed by atoms with Crippen molar-refractivity contribution >= 4 is 0 Å². The number of allylic oxidation sites excluding steroid dienone is 8. The first kappa shape index (κ1) is 36.0. The standard InChI is InChI=1S/2C5H5.5CH3.Zr/c2*1-2-4-5-3-1;;;;;;/h2*1-3H,4H2;5*1H3;/q7*-1;. The Morgan fingerprint density at radius 1 is 0.625 bits per heavy atom. The summed E-state index contributed by atoms with van der Waals surface area (Å²) in [5.74, 6) is 0. The van der Waals surface area contributed by atoms with Gasteiger partial charge in [0.15, 0.2) is 0 Å². The maximum absolute atomic E-state index is 2.99. The molecule has 0 fully saturated rings. The van der Waals surface area contributed by atoms with Crippen molar-refractivity contribution < 1.29 is 26.2 Å². The third-order valence-electron chi connectivity index (χ3n) is 1.17. The summed E-state index contributed by atoms with van der Waals surface area (Å²) in [6, 6.07) is 0. The van der Waals surface area contributed by atoms with Crippen molar-refractivity contribution in [3.63, 3.8) is 0 Å². The fourth-order valence-corrected chi connectivity index (χ4v) is 0.680. The summed E-state index contributed by atoms with van der Waals surface area (Å²) in [5, 5.41) is 0. The molecule has 0 amide bonds. The fraction of sp³-hybridized carbons (Fsp3) is 0.133. The van der Waals surface area contributed by atoms with E-state index in [-0.39, 0.29) is 63.3 Å². The van der Waals surface area contributed by atoms with E-state index in [0.717, 1.165) is 12.8 Å². The Hall–Kier alpha value is -0.157. The van der Waals surface area contributed by atoms with Crippen LogP contribution in [0.4, 0.5) is 0 Å². The molecule has 2 aliphatic carbocycles. The Balaban J connectivity index is -0.0000000227. The van der Waals surface area contributed by atoms with Crippen molar-refractivity contribution in [1.29, 1.82) is 0 Å². The van der Waals surface area contributed by atoms with E-state index in [1.165, 1.54) is 0 Å². The summed E-state index contributed by atoms with van der Waals surface area (Å²) in [6.45, 7) is 0. The molecule has 0 aromatic carbocycles. The number of rotatable bonds is 0. The van der Waals surface area contributed by atoms with Crippen LogP contribution in [0.5, 0.6) is 0 Å². The van der Waals surface area contributed by atoms with Crippen molar-refractivity contribution in [2.24, 2.45) is 0 Å². The van der Waals surface area contributed by atoms with Crippen LogP contribution >= 0.6 is 0 Å². The van der Waals surface area contributed by atoms with Gasteiger partial charge in [0.1, 0.15) is 0 Å². The third kappa shape index (κ3) is 23.6. The molecule has 0 saturated heterocycles. The van der Waals surface area contributed by atoms with Crippen LogP contribution < -0.4 is 0 Å². The van der Waals surface area contributed by atoms with E-state index >= 15 is 0 Å². The second-order valence-corrected chi connectivity index (χ2v) is 2.01. The average molecular weight is 297 g/mol. The summed E-state index contributed by atoms with van der Waals surface area (Å²) in [4.78, 5) is 0. The first-order valence-electron chi connectivity index (χ1n) is 3.43. The summed E-state index contributed by atoms with van der Waals surface area (Å²) in [7, 11) is 0. The molecule has 16 heavy (non-hydrogen) atoms. The normalized spacial score (nSPS) is 11.0. The molecule has 0 atom stereocenters. The molecule has 0 radical (unpaired) electrons. The Labute approximate surface area is 124 Å². The van der Waals surface area contributed by atoms with Crippen molar-refractivity contribution in [3.8, 4) is 0 Å². The van der Waals surface area contributed by atoms with E-state index in [9.17, 15) is 0 Å². The van der Waals surface area contributed by atoms with Gasteiger partial charge in [-0.1, -0.05) is 0 Å². The molecule has 0 aromatic heterocycles. The summed E-state index contributed by atoms with van der Waals surface area (Å²) in [5.41, 5.74) is 0. The second-order valence-electron chi connectivity index (χ2n) is 2.01. The first-order chi connectivity index (χ1) is 5.00. The van der Waals surface area contributed by atoms with Crippen LogP contribution in [0.2, 0.25) is 0 Å². The zero-order valence-electron chi connectivity index (χ0n) is 11.4. The number of hydrogen-bond donors (Lipinski definition) is 0. The Morgan fingerprint density at radius 3 is 1.00 bits per heavy atom. The topological polar surface area (TPSA) is 0 Å². The van der Waals surface area contributed by atoms with Crippen LogP contribution in [0.3, 0.4) is 0 Å². The van der Waals surface area contributed by atoms with Gasteiger partial charge in [0.2, 0.25) is 0 Å². The minimum atomic E-state index is 0. The Bertz CT molecular complexity index is 144. The maximum atomic E-state index is 2.99. The van der Waals surface area contributed by atoms with Gasteiger partial charge in [0.25, 0.3) is 0 Å². The molecule has 0 N–H and O–H groups in total. The molecular formula is C15H25Zr-7. The SMILES string of the molecule is [C-]1=CC=CC1.[C-]1=CC=CC1.[CH3-].[CH3-].[CH3-].[CH3-].[CH3-].[Zr]. The fourth-order valence-electron chi connectivity index (χ4n) is 0.680. The maximum Gasteiger partial charge on any atom is 0 e. The summed E-state index contributed by atoms with van der Waals surface area (Å²) < 4.78 is 0. The van der Waals surface area contributed by atoms with Gasteiger partial charge >= 0.3 is 0 Å². The molecule has 0 heterocycles. The monoisotopic (exact) mass is 295 g/mol. The Kier molecular flexibility index (Phi) is 66.1. The minimum absolute atomic E-state index is 0. The van der Waals surface area contributed by atoms with Gasteiger partial charge in [-0.25, -0.2) is 24.3 Å². The number of hydrogen-bond acceptors (Lipinski definition) is 0. The van der Waals surface area contributed by atoms with Crippen molar-refractivity contribution in [3.05, 3.63) is 85.7 Å².